The molecule has 131 valence electrons. The van der Waals surface area contributed by atoms with Crippen molar-refractivity contribution >= 4 is 22.6 Å². The molecule has 0 unspecified atom stereocenters. The van der Waals surface area contributed by atoms with Crippen LogP contribution in [0.15, 0.2) is 35.6 Å². The molecule has 0 bridgehead atoms. The maximum absolute atomic E-state index is 14.3. The van der Waals surface area contributed by atoms with Gasteiger partial charge in [-0.25, -0.2) is 17.6 Å². The van der Waals surface area contributed by atoms with Crippen LogP contribution in [0.5, 0.6) is 5.75 Å². The van der Waals surface area contributed by atoms with Crippen molar-refractivity contribution in [2.75, 3.05) is 6.61 Å². The van der Waals surface area contributed by atoms with Gasteiger partial charge in [0, 0.05) is 44.8 Å². The van der Waals surface area contributed by atoms with E-state index < -0.39 is 35.7 Å². The van der Waals surface area contributed by atoms with Gasteiger partial charge in [-0.1, -0.05) is 18.3 Å². The van der Waals surface area contributed by atoms with Crippen LogP contribution in [0.3, 0.4) is 0 Å². The summed E-state index contributed by atoms with van der Waals surface area (Å²) in [7, 11) is 0. The van der Waals surface area contributed by atoms with E-state index in [0.29, 0.717) is 4.57 Å². The van der Waals surface area contributed by atoms with Gasteiger partial charge in [0.1, 0.15) is 12.4 Å². The third kappa shape index (κ3) is 5.37. The summed E-state index contributed by atoms with van der Waals surface area (Å²) in [6.45, 7) is 2.47. The van der Waals surface area contributed by atoms with Crippen molar-refractivity contribution in [1.82, 2.24) is 4.57 Å². The molecule has 0 spiro atoms. The topological polar surface area (TPSA) is 31.2 Å². The Morgan fingerprint density at radius 2 is 1.92 bits per heavy atom. The first kappa shape index (κ1) is 22.3. The predicted molar refractivity (Wildman–Crippen MR) is 89.3 cm³/mol. The van der Waals surface area contributed by atoms with Gasteiger partial charge in [-0.2, -0.15) is 12.1 Å². The molecule has 0 aliphatic carbocycles. The zero-order valence-electron chi connectivity index (χ0n) is 12.7. The normalized spacial score (nSPS) is 10.5. The summed E-state index contributed by atoms with van der Waals surface area (Å²) >= 11 is 1.64. The largest absolute Gasteiger partial charge is 0.489 e. The number of alkyl halides is 2. The van der Waals surface area contributed by atoms with Crippen molar-refractivity contribution in [2.24, 2.45) is 0 Å². The van der Waals surface area contributed by atoms with Crippen molar-refractivity contribution in [3.63, 3.8) is 0 Å². The molecule has 2 rings (SSSR count). The van der Waals surface area contributed by atoms with E-state index in [1.165, 1.54) is 12.1 Å². The molecule has 0 atom stereocenters. The first-order valence-electron chi connectivity index (χ1n) is 6.67. The first-order chi connectivity index (χ1) is 11.3. The van der Waals surface area contributed by atoms with Gasteiger partial charge in [-0.15, -0.1) is 22.6 Å². The minimum absolute atomic E-state index is 0. The van der Waals surface area contributed by atoms with Gasteiger partial charge in [0.05, 0.1) is 18.2 Å². The average molecular weight is 541 g/mol. The summed E-state index contributed by atoms with van der Waals surface area (Å²) in [6, 6.07) is 5.51. The van der Waals surface area contributed by atoms with E-state index in [4.69, 9.17) is 4.74 Å². The Morgan fingerprint density at radius 1 is 1.32 bits per heavy atom. The van der Waals surface area contributed by atoms with E-state index in [1.54, 1.807) is 22.6 Å². The molecular weight excluding hydrogens is 530 g/mol. The Hall–Kier alpha value is -0.736. The molecule has 0 saturated heterocycles. The molecule has 0 amide bonds. The number of ether oxygens (including phenoxy) is 1. The summed E-state index contributed by atoms with van der Waals surface area (Å²) in [4.78, 5) is 12.1. The molecule has 9 heteroatoms. The molecule has 1 radical (unpaired) electrons. The molecule has 0 N–H and O–H groups in total. The van der Waals surface area contributed by atoms with Gasteiger partial charge in [0.2, 0.25) is 5.56 Å². The van der Waals surface area contributed by atoms with E-state index in [2.05, 4.69) is 12.6 Å². The van der Waals surface area contributed by atoms with Gasteiger partial charge in [0.25, 0.3) is 6.43 Å². The molecule has 0 fully saturated rings. The molecule has 0 aliphatic heterocycles. The summed E-state index contributed by atoms with van der Waals surface area (Å²) in [5, 5.41) is 0. The van der Waals surface area contributed by atoms with E-state index in [-0.39, 0.29) is 54.3 Å². The molecule has 1 aromatic heterocycles. The summed E-state index contributed by atoms with van der Waals surface area (Å²) in [6.07, 6.45) is -1.47. The van der Waals surface area contributed by atoms with Gasteiger partial charge in [-0.05, 0) is 9.13 Å². The van der Waals surface area contributed by atoms with E-state index in [1.807, 2.05) is 0 Å². The molecule has 25 heavy (non-hydrogen) atoms. The number of nitrogens with zero attached hydrogens (tertiary/aromatic N) is 1. The maximum Gasteiger partial charge on any atom is 0.256 e. The summed E-state index contributed by atoms with van der Waals surface area (Å²) in [5.74, 6) is -2.18. The van der Waals surface area contributed by atoms with Gasteiger partial charge in [0.15, 0.2) is 0 Å². The van der Waals surface area contributed by atoms with Crippen LogP contribution in [0.2, 0.25) is 0 Å². The van der Waals surface area contributed by atoms with Crippen LogP contribution in [0.1, 0.15) is 0 Å². The summed E-state index contributed by atoms with van der Waals surface area (Å²) < 4.78 is 59.9. The molecule has 3 nitrogen and oxygen atoms in total. The Balaban J connectivity index is 0.00000312. The predicted octanol–water partition coefficient (Wildman–Crippen LogP) is 4.03. The molecule has 0 aliphatic rings. The monoisotopic (exact) mass is 541 g/mol. The minimum Gasteiger partial charge on any atom is -0.489 e. The Labute approximate surface area is 180 Å². The van der Waals surface area contributed by atoms with Crippen LogP contribution in [0.25, 0.3) is 11.3 Å². The molecule has 1 aromatic carbocycles. The van der Waals surface area contributed by atoms with Gasteiger partial charge < -0.3 is 9.30 Å². The Morgan fingerprint density at radius 3 is 2.44 bits per heavy atom. The SMILES string of the molecule is C=CCOc1cc(F)c(-c2[c-]cc(I)c(=O)n2CC(F)F)c(F)c1.[Y]. The third-order valence-corrected chi connectivity index (χ3v) is 3.77. The number of benzene rings is 1. The second-order valence-electron chi connectivity index (χ2n) is 4.65. The number of aromatic nitrogens is 1. The minimum atomic E-state index is -2.87. The number of hydrogen-bond acceptors (Lipinski definition) is 2. The second kappa shape index (κ2) is 9.82. The van der Waals surface area contributed by atoms with Crippen LogP contribution >= 0.6 is 22.6 Å². The number of hydrogen-bond donors (Lipinski definition) is 0. The summed E-state index contributed by atoms with van der Waals surface area (Å²) in [5.41, 5.74) is -1.77. The molecule has 0 saturated carbocycles. The standard InChI is InChI=1S/C16H11F4INO2.Y/c1-2-5-24-9-6-10(17)15(11(18)7-9)13-4-3-12(21)16(23)22(13)8-14(19)20;/h2-3,6-7,14H,1,5,8H2;/q-1;. The van der Waals surface area contributed by atoms with Crippen molar-refractivity contribution in [1.29, 1.82) is 0 Å². The van der Waals surface area contributed by atoms with Crippen LogP contribution in [-0.4, -0.2) is 17.6 Å². The van der Waals surface area contributed by atoms with Crippen LogP contribution in [0.4, 0.5) is 17.6 Å². The average Bonchev–Trinajstić information content (AvgIpc) is 2.51. The second-order valence-corrected chi connectivity index (χ2v) is 5.82. The van der Waals surface area contributed by atoms with Crippen molar-refractivity contribution < 1.29 is 55.0 Å². The fourth-order valence-corrected chi connectivity index (χ4v) is 2.48. The number of rotatable bonds is 6. The Kier molecular flexibility index (Phi) is 8.76. The number of pyridine rings is 1. The Bertz CT molecular complexity index is 803. The van der Waals surface area contributed by atoms with Gasteiger partial charge in [-0.3, -0.25) is 4.79 Å². The van der Waals surface area contributed by atoms with E-state index in [9.17, 15) is 22.4 Å². The molecular formula is C16H11F4INO2Y-. The zero-order chi connectivity index (χ0) is 17.9. The zero-order valence-corrected chi connectivity index (χ0v) is 17.7. The fraction of sp³-hybridized carbons (Fsp3) is 0.188. The van der Waals surface area contributed by atoms with Crippen LogP contribution in [-0.2, 0) is 39.3 Å². The van der Waals surface area contributed by atoms with Crippen molar-refractivity contribution in [3.05, 3.63) is 62.5 Å². The van der Waals surface area contributed by atoms with E-state index >= 15 is 0 Å². The third-order valence-electron chi connectivity index (χ3n) is 3.00. The number of halogens is 5. The molecule has 1 heterocycles. The van der Waals surface area contributed by atoms with E-state index in [0.717, 1.165) is 12.1 Å². The smallest absolute Gasteiger partial charge is 0.256 e. The van der Waals surface area contributed by atoms with Crippen molar-refractivity contribution in [3.8, 4) is 17.0 Å². The van der Waals surface area contributed by atoms with Crippen LogP contribution in [0, 0.1) is 21.3 Å². The fourth-order valence-electron chi connectivity index (χ4n) is 2.04. The quantitative estimate of drug-likeness (QED) is 0.240. The maximum atomic E-state index is 14.3. The van der Waals surface area contributed by atoms with Crippen molar-refractivity contribution in [2.45, 2.75) is 13.0 Å². The van der Waals surface area contributed by atoms with Crippen LogP contribution < -0.4 is 10.3 Å². The molecule has 2 aromatic rings. The first-order valence-corrected chi connectivity index (χ1v) is 7.75. The van der Waals surface area contributed by atoms with Gasteiger partial charge >= 0.3 is 0 Å².